The van der Waals surface area contributed by atoms with Crippen molar-refractivity contribution in [1.29, 1.82) is 0 Å². The predicted molar refractivity (Wildman–Crippen MR) is 69.3 cm³/mol. The summed E-state index contributed by atoms with van der Waals surface area (Å²) in [5, 5.41) is 1.14. The molecule has 2 rings (SSSR count). The molecule has 0 fully saturated rings. The summed E-state index contributed by atoms with van der Waals surface area (Å²) in [5.74, 6) is 0.257. The van der Waals surface area contributed by atoms with Gasteiger partial charge in [-0.1, -0.05) is 29.3 Å². The summed E-state index contributed by atoms with van der Waals surface area (Å²) in [7, 11) is 1.30. The summed E-state index contributed by atoms with van der Waals surface area (Å²) >= 11 is 12.1. The molecule has 0 saturated carbocycles. The van der Waals surface area contributed by atoms with Gasteiger partial charge in [-0.3, -0.25) is 0 Å². The van der Waals surface area contributed by atoms with Gasteiger partial charge >= 0.3 is 5.97 Å². The van der Waals surface area contributed by atoms with E-state index in [1.165, 1.54) is 7.11 Å². The minimum absolute atomic E-state index is 0.163. The maximum atomic E-state index is 11.2. The van der Waals surface area contributed by atoms with Crippen molar-refractivity contribution in [2.75, 3.05) is 7.11 Å². The number of rotatable bonds is 3. The maximum absolute atomic E-state index is 11.2. The van der Waals surface area contributed by atoms with Crippen LogP contribution in [0.4, 0.5) is 0 Å². The Labute approximate surface area is 114 Å². The third-order valence-electron chi connectivity index (χ3n) is 2.46. The topological polar surface area (TPSA) is 39.4 Å². The van der Waals surface area contributed by atoms with E-state index in [0.717, 1.165) is 5.56 Å². The second kappa shape index (κ2) is 5.46. The fraction of sp³-hybridized carbons (Fsp3) is 0.154. The number of hydrogen-bond acceptors (Lipinski definition) is 3. The van der Waals surface area contributed by atoms with Crippen molar-refractivity contribution < 1.29 is 13.9 Å². The number of esters is 1. The van der Waals surface area contributed by atoms with E-state index < -0.39 is 5.97 Å². The number of furan rings is 1. The molecule has 0 N–H and O–H groups in total. The van der Waals surface area contributed by atoms with E-state index in [4.69, 9.17) is 27.6 Å². The summed E-state index contributed by atoms with van der Waals surface area (Å²) in [6.07, 6.45) is 0.426. The zero-order chi connectivity index (χ0) is 13.1. The van der Waals surface area contributed by atoms with Gasteiger partial charge in [0.15, 0.2) is 0 Å². The average molecular weight is 285 g/mol. The quantitative estimate of drug-likeness (QED) is 0.801. The van der Waals surface area contributed by atoms with Crippen molar-refractivity contribution in [2.45, 2.75) is 6.42 Å². The van der Waals surface area contributed by atoms with Gasteiger partial charge in [0.1, 0.15) is 5.76 Å². The maximum Gasteiger partial charge on any atom is 0.373 e. The van der Waals surface area contributed by atoms with Crippen LogP contribution in [-0.4, -0.2) is 13.1 Å². The Morgan fingerprint density at radius 2 is 1.89 bits per heavy atom. The van der Waals surface area contributed by atoms with Crippen molar-refractivity contribution in [3.05, 3.63) is 57.5 Å². The molecule has 0 amide bonds. The average Bonchev–Trinajstić information content (AvgIpc) is 2.81. The standard InChI is InChI=1S/C13H10Cl2O3/c1-17-13(16)12-6-5-8(18-12)7-9-10(14)3-2-4-11(9)15/h2-6H,7H2,1H3. The first-order valence-electron chi connectivity index (χ1n) is 5.21. The first-order valence-corrected chi connectivity index (χ1v) is 5.97. The molecule has 0 spiro atoms. The molecule has 1 aromatic carbocycles. The zero-order valence-electron chi connectivity index (χ0n) is 9.57. The summed E-state index contributed by atoms with van der Waals surface area (Å²) in [6, 6.07) is 8.55. The van der Waals surface area contributed by atoms with E-state index in [9.17, 15) is 4.79 Å². The van der Waals surface area contributed by atoms with Crippen LogP contribution >= 0.6 is 23.2 Å². The summed E-state index contributed by atoms with van der Waals surface area (Å²) in [5.41, 5.74) is 0.770. The van der Waals surface area contributed by atoms with Gasteiger partial charge in [0.05, 0.1) is 7.11 Å². The molecular weight excluding hydrogens is 275 g/mol. The lowest BCUT2D eigenvalue weighted by Crippen LogP contribution is -1.98. The van der Waals surface area contributed by atoms with Crippen LogP contribution in [0, 0.1) is 0 Å². The molecule has 94 valence electrons. The minimum atomic E-state index is -0.508. The van der Waals surface area contributed by atoms with Crippen molar-refractivity contribution in [2.24, 2.45) is 0 Å². The third-order valence-corrected chi connectivity index (χ3v) is 3.17. The molecule has 0 aliphatic carbocycles. The highest BCUT2D eigenvalue weighted by Gasteiger charge is 2.13. The number of methoxy groups -OCH3 is 1. The fourth-order valence-electron chi connectivity index (χ4n) is 1.56. The Kier molecular flexibility index (Phi) is 3.94. The fourth-order valence-corrected chi connectivity index (χ4v) is 2.09. The van der Waals surface area contributed by atoms with Gasteiger partial charge in [-0.15, -0.1) is 0 Å². The Morgan fingerprint density at radius 3 is 2.50 bits per heavy atom. The highest BCUT2D eigenvalue weighted by atomic mass is 35.5. The van der Waals surface area contributed by atoms with Gasteiger partial charge in [-0.05, 0) is 29.8 Å². The number of halogens is 2. The molecule has 1 heterocycles. The molecule has 0 atom stereocenters. The van der Waals surface area contributed by atoms with Crippen molar-refractivity contribution in [1.82, 2.24) is 0 Å². The van der Waals surface area contributed by atoms with Crippen LogP contribution in [0.15, 0.2) is 34.7 Å². The number of benzene rings is 1. The molecule has 0 unspecified atom stereocenters. The van der Waals surface area contributed by atoms with Gasteiger partial charge in [-0.2, -0.15) is 0 Å². The summed E-state index contributed by atoms with van der Waals surface area (Å²) in [4.78, 5) is 11.2. The van der Waals surface area contributed by atoms with E-state index in [0.29, 0.717) is 22.2 Å². The molecule has 0 saturated heterocycles. The highest BCUT2D eigenvalue weighted by Crippen LogP contribution is 2.27. The molecule has 0 bridgehead atoms. The van der Waals surface area contributed by atoms with Gasteiger partial charge in [0.25, 0.3) is 0 Å². The predicted octanol–water partition coefficient (Wildman–Crippen LogP) is 3.96. The Hall–Kier alpha value is -1.45. The van der Waals surface area contributed by atoms with Crippen molar-refractivity contribution in [3.8, 4) is 0 Å². The Bertz CT molecular complexity index is 555. The molecule has 5 heteroatoms. The van der Waals surface area contributed by atoms with E-state index in [-0.39, 0.29) is 5.76 Å². The molecule has 0 aliphatic rings. The van der Waals surface area contributed by atoms with Crippen LogP contribution in [0.3, 0.4) is 0 Å². The molecule has 2 aromatic rings. The van der Waals surface area contributed by atoms with Crippen LogP contribution in [0.25, 0.3) is 0 Å². The lowest BCUT2D eigenvalue weighted by Gasteiger charge is -2.04. The SMILES string of the molecule is COC(=O)c1ccc(Cc2c(Cl)cccc2Cl)o1. The van der Waals surface area contributed by atoms with Gasteiger partial charge in [0, 0.05) is 16.5 Å². The zero-order valence-corrected chi connectivity index (χ0v) is 11.1. The second-order valence-corrected chi connectivity index (χ2v) is 4.45. The smallest absolute Gasteiger partial charge is 0.373 e. The van der Waals surface area contributed by atoms with Gasteiger partial charge < -0.3 is 9.15 Å². The second-order valence-electron chi connectivity index (χ2n) is 3.63. The molecular formula is C13H10Cl2O3. The van der Waals surface area contributed by atoms with Crippen molar-refractivity contribution >= 4 is 29.2 Å². The summed E-state index contributed by atoms with van der Waals surface area (Å²) < 4.78 is 9.92. The first-order chi connectivity index (χ1) is 8.61. The van der Waals surface area contributed by atoms with E-state index in [1.54, 1.807) is 30.3 Å². The van der Waals surface area contributed by atoms with Crippen molar-refractivity contribution in [3.63, 3.8) is 0 Å². The van der Waals surface area contributed by atoms with Gasteiger partial charge in [-0.25, -0.2) is 4.79 Å². The van der Waals surface area contributed by atoms with Crippen LogP contribution in [-0.2, 0) is 11.2 Å². The molecule has 0 radical (unpaired) electrons. The largest absolute Gasteiger partial charge is 0.463 e. The van der Waals surface area contributed by atoms with Crippen LogP contribution < -0.4 is 0 Å². The highest BCUT2D eigenvalue weighted by molar-refractivity contribution is 6.36. The lowest BCUT2D eigenvalue weighted by atomic mass is 10.1. The van der Waals surface area contributed by atoms with E-state index in [1.807, 2.05) is 0 Å². The first kappa shape index (κ1) is 13.0. The lowest BCUT2D eigenvalue weighted by molar-refractivity contribution is 0.0563. The molecule has 3 nitrogen and oxygen atoms in total. The van der Waals surface area contributed by atoms with E-state index >= 15 is 0 Å². The number of ether oxygens (including phenoxy) is 1. The molecule has 0 aliphatic heterocycles. The molecule has 1 aromatic heterocycles. The monoisotopic (exact) mass is 284 g/mol. The van der Waals surface area contributed by atoms with Crippen LogP contribution in [0.5, 0.6) is 0 Å². The number of carbonyl (C=O) groups excluding carboxylic acids is 1. The third kappa shape index (κ3) is 2.68. The summed E-state index contributed by atoms with van der Waals surface area (Å²) in [6.45, 7) is 0. The Balaban J connectivity index is 2.24. The molecule has 18 heavy (non-hydrogen) atoms. The number of carbonyl (C=O) groups is 1. The van der Waals surface area contributed by atoms with Crippen LogP contribution in [0.1, 0.15) is 21.9 Å². The minimum Gasteiger partial charge on any atom is -0.463 e. The van der Waals surface area contributed by atoms with E-state index in [2.05, 4.69) is 4.74 Å². The van der Waals surface area contributed by atoms with Crippen LogP contribution in [0.2, 0.25) is 10.0 Å². The number of hydrogen-bond donors (Lipinski definition) is 0. The normalized spacial score (nSPS) is 10.4. The van der Waals surface area contributed by atoms with Gasteiger partial charge in [0.2, 0.25) is 5.76 Å². The Morgan fingerprint density at radius 1 is 1.22 bits per heavy atom.